The van der Waals surface area contributed by atoms with Gasteiger partial charge in [0.25, 0.3) is 0 Å². The maximum Gasteiger partial charge on any atom is 0.127 e. The third kappa shape index (κ3) is 3.24. The van der Waals surface area contributed by atoms with E-state index in [4.69, 9.17) is 11.6 Å². The molecule has 0 aliphatic carbocycles. The van der Waals surface area contributed by atoms with Crippen LogP contribution < -0.4 is 0 Å². The summed E-state index contributed by atoms with van der Waals surface area (Å²) in [5, 5.41) is 0.719. The molecule has 88 valence electrons. The second-order valence-corrected chi connectivity index (χ2v) is 5.26. The van der Waals surface area contributed by atoms with E-state index in [0.717, 1.165) is 21.0 Å². The summed E-state index contributed by atoms with van der Waals surface area (Å²) < 4.78 is 13.6. The van der Waals surface area contributed by atoms with Gasteiger partial charge in [0.05, 0.1) is 0 Å². The summed E-state index contributed by atoms with van der Waals surface area (Å²) in [5.74, 6) is 0.506. The third-order valence-electron chi connectivity index (χ3n) is 2.55. The van der Waals surface area contributed by atoms with Crippen LogP contribution in [0.25, 0.3) is 0 Å². The summed E-state index contributed by atoms with van der Waals surface area (Å²) in [6, 6.07) is 12.8. The number of benzene rings is 2. The molecule has 0 atom stereocenters. The van der Waals surface area contributed by atoms with Crippen molar-refractivity contribution in [1.29, 1.82) is 0 Å². The normalized spacial score (nSPS) is 10.5. The summed E-state index contributed by atoms with van der Waals surface area (Å²) in [6.45, 7) is 1.93. The molecule has 0 heterocycles. The molecule has 17 heavy (non-hydrogen) atoms. The van der Waals surface area contributed by atoms with E-state index in [1.807, 2.05) is 37.3 Å². The van der Waals surface area contributed by atoms with Crippen molar-refractivity contribution in [2.24, 2.45) is 0 Å². The molecular weight excluding hydrogens is 255 g/mol. The van der Waals surface area contributed by atoms with E-state index in [1.165, 1.54) is 6.07 Å². The number of aryl methyl sites for hydroxylation is 1. The molecule has 0 aliphatic heterocycles. The molecule has 2 rings (SSSR count). The van der Waals surface area contributed by atoms with E-state index < -0.39 is 0 Å². The molecule has 0 amide bonds. The standard InChI is InChI=1S/C14H12ClFS/c1-10-3-2-4-14(16)13(10)9-17-12-7-5-11(15)6-8-12/h2-8H,9H2,1H3. The molecule has 0 spiro atoms. The minimum absolute atomic E-state index is 0.133. The second kappa shape index (κ2) is 5.56. The van der Waals surface area contributed by atoms with Crippen LogP contribution in [0.1, 0.15) is 11.1 Å². The Morgan fingerprint density at radius 2 is 1.82 bits per heavy atom. The molecule has 0 radical (unpaired) electrons. The van der Waals surface area contributed by atoms with Crippen molar-refractivity contribution in [2.45, 2.75) is 17.6 Å². The van der Waals surface area contributed by atoms with E-state index in [0.29, 0.717) is 5.75 Å². The average molecular weight is 267 g/mol. The number of hydrogen-bond acceptors (Lipinski definition) is 1. The SMILES string of the molecule is Cc1cccc(F)c1CSc1ccc(Cl)cc1. The van der Waals surface area contributed by atoms with Crippen LogP contribution in [0.3, 0.4) is 0 Å². The largest absolute Gasteiger partial charge is 0.207 e. The monoisotopic (exact) mass is 266 g/mol. The number of thioether (sulfide) groups is 1. The van der Waals surface area contributed by atoms with Gasteiger partial charge < -0.3 is 0 Å². The van der Waals surface area contributed by atoms with E-state index in [1.54, 1.807) is 17.8 Å². The lowest BCUT2D eigenvalue weighted by atomic mass is 10.1. The molecule has 0 unspecified atom stereocenters. The molecule has 0 saturated carbocycles. The van der Waals surface area contributed by atoms with Crippen molar-refractivity contribution in [3.8, 4) is 0 Å². The van der Waals surface area contributed by atoms with Crippen molar-refractivity contribution in [3.05, 3.63) is 64.4 Å². The average Bonchev–Trinajstić information content (AvgIpc) is 2.31. The van der Waals surface area contributed by atoms with Gasteiger partial charge in [-0.15, -0.1) is 11.8 Å². The summed E-state index contributed by atoms with van der Waals surface area (Å²) >= 11 is 7.42. The fourth-order valence-electron chi connectivity index (χ4n) is 1.54. The molecule has 0 aromatic heterocycles. The lowest BCUT2D eigenvalue weighted by Crippen LogP contribution is -1.91. The first-order valence-electron chi connectivity index (χ1n) is 5.29. The number of hydrogen-bond donors (Lipinski definition) is 0. The lowest BCUT2D eigenvalue weighted by molar-refractivity contribution is 0.615. The Morgan fingerprint density at radius 1 is 1.12 bits per heavy atom. The van der Waals surface area contributed by atoms with Crippen LogP contribution in [0.2, 0.25) is 5.02 Å². The van der Waals surface area contributed by atoms with Gasteiger partial charge in [-0.05, 0) is 42.8 Å². The zero-order valence-electron chi connectivity index (χ0n) is 9.41. The zero-order chi connectivity index (χ0) is 12.3. The van der Waals surface area contributed by atoms with Crippen LogP contribution in [-0.2, 0) is 5.75 Å². The summed E-state index contributed by atoms with van der Waals surface area (Å²) in [5.41, 5.74) is 1.76. The first-order valence-corrected chi connectivity index (χ1v) is 6.65. The fourth-order valence-corrected chi connectivity index (χ4v) is 2.67. The number of rotatable bonds is 3. The van der Waals surface area contributed by atoms with Crippen LogP contribution in [0, 0.1) is 12.7 Å². The molecule has 3 heteroatoms. The highest BCUT2D eigenvalue weighted by Gasteiger charge is 2.05. The van der Waals surface area contributed by atoms with Crippen LogP contribution in [0.4, 0.5) is 4.39 Å². The van der Waals surface area contributed by atoms with Crippen molar-refractivity contribution in [1.82, 2.24) is 0 Å². The van der Waals surface area contributed by atoms with E-state index in [-0.39, 0.29) is 5.82 Å². The lowest BCUT2D eigenvalue weighted by Gasteiger charge is -2.07. The van der Waals surface area contributed by atoms with Gasteiger partial charge in [0, 0.05) is 21.2 Å². The van der Waals surface area contributed by atoms with Gasteiger partial charge in [0.2, 0.25) is 0 Å². The Labute approximate surface area is 110 Å². The molecule has 2 aromatic carbocycles. The van der Waals surface area contributed by atoms with E-state index in [2.05, 4.69) is 0 Å². The molecule has 0 fully saturated rings. The second-order valence-electron chi connectivity index (χ2n) is 3.78. The van der Waals surface area contributed by atoms with Crippen LogP contribution >= 0.6 is 23.4 Å². The highest BCUT2D eigenvalue weighted by atomic mass is 35.5. The molecule has 0 bridgehead atoms. The summed E-state index contributed by atoms with van der Waals surface area (Å²) in [6.07, 6.45) is 0. The molecule has 0 nitrogen and oxygen atoms in total. The molecule has 0 aliphatic rings. The third-order valence-corrected chi connectivity index (χ3v) is 3.84. The van der Waals surface area contributed by atoms with Crippen molar-refractivity contribution in [3.63, 3.8) is 0 Å². The Kier molecular flexibility index (Phi) is 4.08. The highest BCUT2D eigenvalue weighted by Crippen LogP contribution is 2.26. The van der Waals surface area contributed by atoms with E-state index >= 15 is 0 Å². The van der Waals surface area contributed by atoms with Crippen LogP contribution in [-0.4, -0.2) is 0 Å². The quantitative estimate of drug-likeness (QED) is 0.698. The molecule has 2 aromatic rings. The zero-order valence-corrected chi connectivity index (χ0v) is 11.0. The number of halogens is 2. The van der Waals surface area contributed by atoms with Gasteiger partial charge in [-0.3, -0.25) is 0 Å². The first kappa shape index (κ1) is 12.5. The smallest absolute Gasteiger partial charge is 0.127 e. The minimum atomic E-state index is -0.133. The van der Waals surface area contributed by atoms with Crippen molar-refractivity contribution < 1.29 is 4.39 Å². The van der Waals surface area contributed by atoms with Gasteiger partial charge in [-0.2, -0.15) is 0 Å². The van der Waals surface area contributed by atoms with Gasteiger partial charge in [0.1, 0.15) is 5.82 Å². The minimum Gasteiger partial charge on any atom is -0.207 e. The fraction of sp³-hybridized carbons (Fsp3) is 0.143. The predicted octanol–water partition coefficient (Wildman–Crippen LogP) is 5.08. The molecular formula is C14H12ClFS. The topological polar surface area (TPSA) is 0 Å². The first-order chi connectivity index (χ1) is 8.16. The summed E-state index contributed by atoms with van der Waals surface area (Å²) in [4.78, 5) is 1.09. The van der Waals surface area contributed by atoms with Crippen molar-refractivity contribution >= 4 is 23.4 Å². The molecule has 0 saturated heterocycles. The maximum atomic E-state index is 13.6. The Balaban J connectivity index is 2.10. The van der Waals surface area contributed by atoms with Gasteiger partial charge in [0.15, 0.2) is 0 Å². The van der Waals surface area contributed by atoms with Crippen LogP contribution in [0.5, 0.6) is 0 Å². The van der Waals surface area contributed by atoms with Gasteiger partial charge in [-0.25, -0.2) is 4.39 Å². The summed E-state index contributed by atoms with van der Waals surface area (Å²) in [7, 11) is 0. The maximum absolute atomic E-state index is 13.6. The van der Waals surface area contributed by atoms with Crippen molar-refractivity contribution in [2.75, 3.05) is 0 Å². The van der Waals surface area contributed by atoms with Gasteiger partial charge in [-0.1, -0.05) is 23.7 Å². The van der Waals surface area contributed by atoms with Gasteiger partial charge >= 0.3 is 0 Å². The van der Waals surface area contributed by atoms with E-state index in [9.17, 15) is 4.39 Å². The van der Waals surface area contributed by atoms with Crippen LogP contribution in [0.15, 0.2) is 47.4 Å². The Morgan fingerprint density at radius 3 is 2.47 bits per heavy atom. The Bertz CT molecular complexity index is 488. The highest BCUT2D eigenvalue weighted by molar-refractivity contribution is 7.98. The molecule has 0 N–H and O–H groups in total. The Hall–Kier alpha value is -0.990. The predicted molar refractivity (Wildman–Crippen MR) is 72.2 cm³/mol.